The van der Waals surface area contributed by atoms with Gasteiger partial charge < -0.3 is 5.11 Å². The molecule has 0 aliphatic carbocycles. The molecule has 0 unspecified atom stereocenters. The lowest BCUT2D eigenvalue weighted by molar-refractivity contribution is 0.0992. The molecule has 0 saturated heterocycles. The average molecular weight is 193 g/mol. The monoisotopic (exact) mass is 193 g/mol. The molecule has 1 aromatic heterocycles. The maximum atomic E-state index is 10.7. The summed E-state index contributed by atoms with van der Waals surface area (Å²) in [6.45, 7) is 0. The van der Waals surface area contributed by atoms with E-state index in [2.05, 4.69) is 4.98 Å². The van der Waals surface area contributed by atoms with Crippen LogP contribution in [-0.2, 0) is 0 Å². The van der Waals surface area contributed by atoms with E-state index in [-0.39, 0.29) is 10.8 Å². The van der Waals surface area contributed by atoms with Crippen LogP contribution >= 0.6 is 11.3 Å². The van der Waals surface area contributed by atoms with Gasteiger partial charge in [0.2, 0.25) is 0 Å². The van der Waals surface area contributed by atoms with Crippen LogP contribution in [0.5, 0.6) is 5.75 Å². The highest BCUT2D eigenvalue weighted by Gasteiger charge is 2.08. The second-order valence-corrected chi connectivity index (χ2v) is 3.53. The molecule has 0 saturated carbocycles. The van der Waals surface area contributed by atoms with Crippen LogP contribution in [0, 0.1) is 0 Å². The van der Waals surface area contributed by atoms with Gasteiger partial charge in [-0.3, -0.25) is 10.5 Å². The van der Waals surface area contributed by atoms with E-state index < -0.39 is 5.91 Å². The Balaban J connectivity index is 2.68. The van der Waals surface area contributed by atoms with Crippen molar-refractivity contribution in [1.29, 1.82) is 0 Å². The third kappa shape index (κ3) is 1.33. The molecule has 0 aliphatic heterocycles. The second-order valence-electron chi connectivity index (χ2n) is 2.50. The van der Waals surface area contributed by atoms with Crippen molar-refractivity contribution in [3.05, 3.63) is 23.2 Å². The third-order valence-electron chi connectivity index (χ3n) is 1.57. The van der Waals surface area contributed by atoms with Gasteiger partial charge in [0.25, 0.3) is 5.91 Å². The van der Waals surface area contributed by atoms with Gasteiger partial charge in [0.1, 0.15) is 5.75 Å². The molecule has 2 aromatic rings. The molecule has 0 spiro atoms. The minimum atomic E-state index is -0.791. The van der Waals surface area contributed by atoms with Crippen molar-refractivity contribution < 1.29 is 9.90 Å². The number of nitrogens with zero attached hydrogens (tertiary/aromatic N) is 1. The number of aromatic nitrogens is 1. The summed E-state index contributed by atoms with van der Waals surface area (Å²) in [6, 6.07) is 4.65. The molecule has 4 nitrogen and oxygen atoms in total. The quantitative estimate of drug-likeness (QED) is 0.744. The molecule has 0 bridgehead atoms. The molecular formula is C8H5N2O2S. The predicted octanol–water partition coefficient (Wildman–Crippen LogP) is 1.42. The van der Waals surface area contributed by atoms with Crippen molar-refractivity contribution in [2.24, 2.45) is 0 Å². The number of phenols is 1. The normalized spacial score (nSPS) is 10.5. The Morgan fingerprint density at radius 3 is 3.00 bits per heavy atom. The summed E-state index contributed by atoms with van der Waals surface area (Å²) >= 11 is 1.11. The molecule has 2 N–H and O–H groups in total. The van der Waals surface area contributed by atoms with Gasteiger partial charge in [-0.2, -0.15) is 0 Å². The Morgan fingerprint density at radius 2 is 2.31 bits per heavy atom. The summed E-state index contributed by atoms with van der Waals surface area (Å²) in [5.74, 6) is -0.652. The van der Waals surface area contributed by atoms with E-state index in [1.165, 1.54) is 12.1 Å². The van der Waals surface area contributed by atoms with Crippen LogP contribution in [-0.4, -0.2) is 16.0 Å². The third-order valence-corrected chi connectivity index (χ3v) is 2.58. The van der Waals surface area contributed by atoms with Crippen LogP contribution in [0.4, 0.5) is 0 Å². The Morgan fingerprint density at radius 1 is 1.54 bits per heavy atom. The smallest absolute Gasteiger partial charge is 0.298 e. The first-order valence-electron chi connectivity index (χ1n) is 3.52. The first-order chi connectivity index (χ1) is 6.16. The zero-order chi connectivity index (χ0) is 9.42. The Kier molecular flexibility index (Phi) is 1.66. The molecule has 0 aliphatic rings. The summed E-state index contributed by atoms with van der Waals surface area (Å²) < 4.78 is 0.718. The van der Waals surface area contributed by atoms with Gasteiger partial charge in [-0.15, -0.1) is 11.3 Å². The van der Waals surface area contributed by atoms with Crippen molar-refractivity contribution in [2.45, 2.75) is 0 Å². The fourth-order valence-corrected chi connectivity index (χ4v) is 1.85. The molecule has 5 heteroatoms. The maximum absolute atomic E-state index is 10.7. The molecular weight excluding hydrogens is 188 g/mol. The zero-order valence-corrected chi connectivity index (χ0v) is 7.26. The van der Waals surface area contributed by atoms with Gasteiger partial charge in [0, 0.05) is 0 Å². The second kappa shape index (κ2) is 2.70. The molecule has 0 fully saturated rings. The molecule has 1 amide bonds. The number of carbonyl (C=O) groups is 1. The van der Waals surface area contributed by atoms with E-state index in [9.17, 15) is 4.79 Å². The summed E-state index contributed by atoms with van der Waals surface area (Å²) in [5.41, 5.74) is 7.49. The van der Waals surface area contributed by atoms with Gasteiger partial charge >= 0.3 is 0 Å². The number of fused-ring (bicyclic) bond motifs is 1. The Labute approximate surface area is 77.6 Å². The van der Waals surface area contributed by atoms with E-state index in [4.69, 9.17) is 10.8 Å². The molecule has 1 aromatic carbocycles. The van der Waals surface area contributed by atoms with Crippen molar-refractivity contribution in [1.82, 2.24) is 10.7 Å². The number of hydrogen-bond donors (Lipinski definition) is 1. The lowest BCUT2D eigenvalue weighted by Crippen LogP contribution is -1.96. The van der Waals surface area contributed by atoms with E-state index in [1.807, 2.05) is 0 Å². The van der Waals surface area contributed by atoms with Crippen molar-refractivity contribution in [3.8, 4) is 5.75 Å². The number of amides is 1. The molecule has 65 valence electrons. The minimum Gasteiger partial charge on any atom is -0.508 e. The van der Waals surface area contributed by atoms with Crippen molar-refractivity contribution in [2.75, 3.05) is 0 Å². The fraction of sp³-hybridized carbons (Fsp3) is 0. The SMILES string of the molecule is [NH]C(=O)c1nc2ccc(O)cc2s1. The maximum Gasteiger partial charge on any atom is 0.298 e. The van der Waals surface area contributed by atoms with Gasteiger partial charge in [-0.05, 0) is 18.2 Å². The number of thiazole rings is 1. The lowest BCUT2D eigenvalue weighted by Gasteiger charge is -1.87. The van der Waals surface area contributed by atoms with Gasteiger partial charge in [-0.1, -0.05) is 0 Å². The zero-order valence-electron chi connectivity index (χ0n) is 6.44. The van der Waals surface area contributed by atoms with Crippen LogP contribution in [0.3, 0.4) is 0 Å². The van der Waals surface area contributed by atoms with E-state index in [1.54, 1.807) is 6.07 Å². The Bertz CT molecular complexity index is 478. The van der Waals surface area contributed by atoms with E-state index >= 15 is 0 Å². The van der Waals surface area contributed by atoms with Crippen LogP contribution in [0.2, 0.25) is 0 Å². The summed E-state index contributed by atoms with van der Waals surface area (Å²) in [4.78, 5) is 14.6. The first kappa shape index (κ1) is 8.00. The number of nitrogens with one attached hydrogen (secondary N) is 1. The summed E-state index contributed by atoms with van der Waals surface area (Å²) in [7, 11) is 0. The fourth-order valence-electron chi connectivity index (χ4n) is 1.01. The number of carbonyl (C=O) groups excluding carboxylic acids is 1. The van der Waals surface area contributed by atoms with E-state index in [0.29, 0.717) is 5.52 Å². The van der Waals surface area contributed by atoms with Crippen LogP contribution in [0.25, 0.3) is 10.2 Å². The van der Waals surface area contributed by atoms with Gasteiger partial charge in [-0.25, -0.2) is 4.98 Å². The molecule has 1 heterocycles. The highest BCUT2D eigenvalue weighted by molar-refractivity contribution is 7.20. The minimum absolute atomic E-state index is 0.139. The molecule has 0 atom stereocenters. The molecule has 13 heavy (non-hydrogen) atoms. The lowest BCUT2D eigenvalue weighted by atomic mass is 10.3. The summed E-state index contributed by atoms with van der Waals surface area (Å²) in [5, 5.41) is 9.28. The number of hydrogen-bond acceptors (Lipinski definition) is 4. The summed E-state index contributed by atoms with van der Waals surface area (Å²) in [6.07, 6.45) is 0. The Hall–Kier alpha value is -1.62. The first-order valence-corrected chi connectivity index (χ1v) is 4.34. The van der Waals surface area contributed by atoms with Crippen LogP contribution in [0.15, 0.2) is 18.2 Å². The molecule has 1 radical (unpaired) electrons. The van der Waals surface area contributed by atoms with Crippen LogP contribution in [0.1, 0.15) is 9.80 Å². The highest BCUT2D eigenvalue weighted by Crippen LogP contribution is 2.25. The highest BCUT2D eigenvalue weighted by atomic mass is 32.1. The number of rotatable bonds is 1. The van der Waals surface area contributed by atoms with Crippen LogP contribution < -0.4 is 5.73 Å². The van der Waals surface area contributed by atoms with Gasteiger partial charge in [0.15, 0.2) is 5.01 Å². The largest absolute Gasteiger partial charge is 0.508 e. The number of aromatic hydroxyl groups is 1. The van der Waals surface area contributed by atoms with E-state index in [0.717, 1.165) is 16.0 Å². The average Bonchev–Trinajstić information content (AvgIpc) is 2.46. The van der Waals surface area contributed by atoms with Crippen molar-refractivity contribution in [3.63, 3.8) is 0 Å². The standard InChI is InChI=1S/C8H5N2O2S/c9-7(12)8-10-5-2-1-4(11)3-6(5)13-8/h1-3,9,11H. The predicted molar refractivity (Wildman–Crippen MR) is 48.7 cm³/mol. The molecule has 2 rings (SSSR count). The number of benzene rings is 1. The number of phenolic OH excluding ortho intramolecular Hbond substituents is 1. The van der Waals surface area contributed by atoms with Gasteiger partial charge in [0.05, 0.1) is 10.2 Å². The van der Waals surface area contributed by atoms with Crippen molar-refractivity contribution >= 4 is 27.5 Å². The topological polar surface area (TPSA) is 74.0 Å².